The molecule has 17 heavy (non-hydrogen) atoms. The molecule has 1 rings (SSSR count). The Hall–Kier alpha value is -0.200. The molecule has 0 saturated carbocycles. The van der Waals surface area contributed by atoms with Gasteiger partial charge in [-0.1, -0.05) is 0 Å². The van der Waals surface area contributed by atoms with Crippen LogP contribution in [0.15, 0.2) is 0 Å². The normalized spacial score (nSPS) is 24.9. The first-order chi connectivity index (χ1) is 7.89. The van der Waals surface area contributed by atoms with E-state index in [0.717, 1.165) is 13.1 Å². The molecule has 0 spiro atoms. The first-order valence-corrected chi connectivity index (χ1v) is 6.04. The van der Waals surface area contributed by atoms with E-state index in [2.05, 4.69) is 25.7 Å². The maximum absolute atomic E-state index is 5.94. The topological polar surface area (TPSA) is 57.0 Å². The zero-order valence-corrected chi connectivity index (χ0v) is 11.7. The summed E-state index contributed by atoms with van der Waals surface area (Å²) in [6.07, 6.45) is -0.332. The Bertz CT molecular complexity index is 244. The van der Waals surface area contributed by atoms with Crippen molar-refractivity contribution in [2.45, 2.75) is 38.2 Å². The van der Waals surface area contributed by atoms with Gasteiger partial charge in [0.15, 0.2) is 6.29 Å². The number of morpholine rings is 1. The van der Waals surface area contributed by atoms with Crippen LogP contribution in [0.4, 0.5) is 0 Å². The molecule has 0 amide bonds. The third-order valence-electron chi connectivity index (χ3n) is 3.50. The Balaban J connectivity index is 2.84. The van der Waals surface area contributed by atoms with Crippen molar-refractivity contribution in [2.75, 3.05) is 40.5 Å². The molecule has 1 heterocycles. The van der Waals surface area contributed by atoms with Crippen molar-refractivity contribution in [1.29, 1.82) is 0 Å². The second-order valence-corrected chi connectivity index (χ2v) is 5.39. The van der Waals surface area contributed by atoms with Crippen LogP contribution >= 0.6 is 0 Å². The van der Waals surface area contributed by atoms with Gasteiger partial charge in [-0.15, -0.1) is 0 Å². The molecule has 0 radical (unpaired) electrons. The minimum Gasteiger partial charge on any atom is -0.373 e. The minimum atomic E-state index is -0.332. The Labute approximate surface area is 104 Å². The standard InChI is InChI=1S/C12H26N2O3/c1-11(2)9-14(6-7-17-11)12(3,8-13)10(15-4)16-5/h10H,6-9,13H2,1-5H3. The van der Waals surface area contributed by atoms with Crippen LogP contribution in [0.3, 0.4) is 0 Å². The smallest absolute Gasteiger partial charge is 0.176 e. The van der Waals surface area contributed by atoms with Gasteiger partial charge in [-0.25, -0.2) is 0 Å². The summed E-state index contributed by atoms with van der Waals surface area (Å²) in [4.78, 5) is 2.30. The van der Waals surface area contributed by atoms with Crippen LogP contribution in [0, 0.1) is 0 Å². The number of rotatable bonds is 5. The summed E-state index contributed by atoms with van der Waals surface area (Å²) in [6.45, 7) is 9.12. The summed E-state index contributed by atoms with van der Waals surface area (Å²) in [7, 11) is 3.29. The third-order valence-corrected chi connectivity index (χ3v) is 3.50. The van der Waals surface area contributed by atoms with E-state index in [-0.39, 0.29) is 17.4 Å². The van der Waals surface area contributed by atoms with Crippen molar-refractivity contribution in [3.63, 3.8) is 0 Å². The van der Waals surface area contributed by atoms with Crippen LogP contribution in [0.5, 0.6) is 0 Å². The molecule has 1 unspecified atom stereocenters. The van der Waals surface area contributed by atoms with E-state index in [4.69, 9.17) is 19.9 Å². The lowest BCUT2D eigenvalue weighted by atomic mass is 9.95. The SMILES string of the molecule is COC(OC)C(C)(CN)N1CCOC(C)(C)C1. The summed E-state index contributed by atoms with van der Waals surface area (Å²) in [6, 6.07) is 0. The maximum Gasteiger partial charge on any atom is 0.176 e. The molecule has 2 N–H and O–H groups in total. The molecule has 1 atom stereocenters. The molecule has 1 aliphatic heterocycles. The van der Waals surface area contributed by atoms with Gasteiger partial charge in [0.2, 0.25) is 0 Å². The average Bonchev–Trinajstić information content (AvgIpc) is 2.29. The second-order valence-electron chi connectivity index (χ2n) is 5.39. The highest BCUT2D eigenvalue weighted by atomic mass is 16.7. The van der Waals surface area contributed by atoms with Crippen molar-refractivity contribution < 1.29 is 14.2 Å². The molecular weight excluding hydrogens is 220 g/mol. The largest absolute Gasteiger partial charge is 0.373 e. The van der Waals surface area contributed by atoms with Crippen LogP contribution in [0.1, 0.15) is 20.8 Å². The lowest BCUT2D eigenvalue weighted by molar-refractivity contribution is -0.206. The van der Waals surface area contributed by atoms with E-state index in [0.29, 0.717) is 13.2 Å². The fraction of sp³-hybridized carbons (Fsp3) is 1.00. The fourth-order valence-corrected chi connectivity index (χ4v) is 2.43. The van der Waals surface area contributed by atoms with Crippen LogP contribution in [0.2, 0.25) is 0 Å². The highest BCUT2D eigenvalue weighted by Crippen LogP contribution is 2.27. The predicted molar refractivity (Wildman–Crippen MR) is 66.9 cm³/mol. The molecule has 5 nitrogen and oxygen atoms in total. The van der Waals surface area contributed by atoms with E-state index < -0.39 is 0 Å². The first-order valence-electron chi connectivity index (χ1n) is 6.04. The van der Waals surface area contributed by atoms with Gasteiger partial charge in [-0.3, -0.25) is 4.90 Å². The fourth-order valence-electron chi connectivity index (χ4n) is 2.43. The zero-order chi connectivity index (χ0) is 13.1. The maximum atomic E-state index is 5.94. The molecule has 102 valence electrons. The van der Waals surface area contributed by atoms with Crippen LogP contribution in [-0.4, -0.2) is 62.8 Å². The Morgan fingerprint density at radius 1 is 1.41 bits per heavy atom. The molecule has 0 bridgehead atoms. The molecule has 0 aromatic carbocycles. The van der Waals surface area contributed by atoms with Gasteiger partial charge in [0.05, 0.1) is 17.7 Å². The molecule has 0 aliphatic carbocycles. The van der Waals surface area contributed by atoms with Gasteiger partial charge < -0.3 is 19.9 Å². The third kappa shape index (κ3) is 3.17. The quantitative estimate of drug-likeness (QED) is 0.713. The van der Waals surface area contributed by atoms with Crippen LogP contribution in [0.25, 0.3) is 0 Å². The molecule has 0 aromatic rings. The van der Waals surface area contributed by atoms with Crippen molar-refractivity contribution in [2.24, 2.45) is 5.73 Å². The van der Waals surface area contributed by atoms with E-state index >= 15 is 0 Å². The molecule has 1 saturated heterocycles. The van der Waals surface area contributed by atoms with E-state index in [1.165, 1.54) is 0 Å². The highest BCUT2D eigenvalue weighted by Gasteiger charge is 2.43. The Morgan fingerprint density at radius 2 is 2.00 bits per heavy atom. The summed E-state index contributed by atoms with van der Waals surface area (Å²) >= 11 is 0. The van der Waals surface area contributed by atoms with Gasteiger partial charge in [-0.2, -0.15) is 0 Å². The number of hydrogen-bond donors (Lipinski definition) is 1. The number of nitrogens with zero attached hydrogens (tertiary/aromatic N) is 1. The number of methoxy groups -OCH3 is 2. The first kappa shape index (κ1) is 14.9. The summed E-state index contributed by atoms with van der Waals surface area (Å²) in [5.41, 5.74) is 5.46. The lowest BCUT2D eigenvalue weighted by Gasteiger charge is -2.49. The minimum absolute atomic E-state index is 0.152. The highest BCUT2D eigenvalue weighted by molar-refractivity contribution is 4.95. The van der Waals surface area contributed by atoms with Crippen molar-refractivity contribution in [1.82, 2.24) is 4.90 Å². The van der Waals surface area contributed by atoms with Crippen LogP contribution in [-0.2, 0) is 14.2 Å². The van der Waals surface area contributed by atoms with Crippen molar-refractivity contribution >= 4 is 0 Å². The Kier molecular flexibility index (Phi) is 4.92. The average molecular weight is 246 g/mol. The summed E-state index contributed by atoms with van der Waals surface area (Å²) < 4.78 is 16.5. The van der Waals surface area contributed by atoms with Gasteiger partial charge in [0.1, 0.15) is 0 Å². The van der Waals surface area contributed by atoms with Gasteiger partial charge in [0, 0.05) is 33.9 Å². The molecule has 1 fully saturated rings. The monoisotopic (exact) mass is 246 g/mol. The molecular formula is C12H26N2O3. The van der Waals surface area contributed by atoms with E-state index in [1.54, 1.807) is 14.2 Å². The number of nitrogens with two attached hydrogens (primary N) is 1. The second kappa shape index (κ2) is 5.63. The zero-order valence-electron chi connectivity index (χ0n) is 11.7. The number of ether oxygens (including phenoxy) is 3. The molecule has 1 aliphatic rings. The lowest BCUT2D eigenvalue weighted by Crippen LogP contribution is -2.65. The van der Waals surface area contributed by atoms with E-state index in [1.807, 2.05) is 0 Å². The van der Waals surface area contributed by atoms with Gasteiger partial charge >= 0.3 is 0 Å². The number of hydrogen-bond acceptors (Lipinski definition) is 5. The van der Waals surface area contributed by atoms with Gasteiger partial charge in [-0.05, 0) is 20.8 Å². The van der Waals surface area contributed by atoms with Crippen molar-refractivity contribution in [3.05, 3.63) is 0 Å². The van der Waals surface area contributed by atoms with Gasteiger partial charge in [0.25, 0.3) is 0 Å². The van der Waals surface area contributed by atoms with E-state index in [9.17, 15) is 0 Å². The van der Waals surface area contributed by atoms with Crippen molar-refractivity contribution in [3.8, 4) is 0 Å². The summed E-state index contributed by atoms with van der Waals surface area (Å²) in [5, 5.41) is 0. The molecule has 0 aromatic heterocycles. The predicted octanol–water partition coefficient (Wildman–Crippen LogP) is 0.434. The Morgan fingerprint density at radius 3 is 2.41 bits per heavy atom. The molecule has 5 heteroatoms. The van der Waals surface area contributed by atoms with Crippen LogP contribution < -0.4 is 5.73 Å². The summed E-state index contributed by atoms with van der Waals surface area (Å²) in [5.74, 6) is 0.